The van der Waals surface area contributed by atoms with Gasteiger partial charge in [-0.2, -0.15) is 0 Å². The summed E-state index contributed by atoms with van der Waals surface area (Å²) in [5.74, 6) is 1.79. The molecule has 11 aromatic rings. The first-order valence-electron chi connectivity index (χ1n) is 19.8. The highest BCUT2D eigenvalue weighted by Crippen LogP contribution is 2.40. The molecule has 9 aromatic carbocycles. The van der Waals surface area contributed by atoms with Crippen LogP contribution in [0, 0.1) is 0 Å². The van der Waals surface area contributed by atoms with Gasteiger partial charge in [-0.15, -0.1) is 0 Å². The lowest BCUT2D eigenvalue weighted by atomic mass is 9.94. The molecule has 276 valence electrons. The van der Waals surface area contributed by atoms with E-state index in [0.717, 1.165) is 82.8 Å². The van der Waals surface area contributed by atoms with E-state index >= 15 is 0 Å². The first-order valence-corrected chi connectivity index (χ1v) is 19.8. The Morgan fingerprint density at radius 3 is 1.49 bits per heavy atom. The lowest BCUT2D eigenvalue weighted by molar-refractivity contribution is 0.669. The van der Waals surface area contributed by atoms with Crippen molar-refractivity contribution in [1.82, 2.24) is 15.0 Å². The Morgan fingerprint density at radius 1 is 0.254 bits per heavy atom. The molecule has 0 N–H and O–H groups in total. The maximum absolute atomic E-state index is 6.62. The van der Waals surface area contributed by atoms with Crippen LogP contribution in [0.25, 0.3) is 111 Å². The zero-order valence-corrected chi connectivity index (χ0v) is 32.0. The highest BCUT2D eigenvalue weighted by atomic mass is 16.3. The molecule has 0 atom stereocenters. The summed E-state index contributed by atoms with van der Waals surface area (Å²) in [4.78, 5) is 15.5. The number of hydrogen-bond acceptors (Lipinski definition) is 4. The van der Waals surface area contributed by atoms with Crippen molar-refractivity contribution >= 4 is 32.7 Å². The molecule has 59 heavy (non-hydrogen) atoms. The molecule has 0 radical (unpaired) electrons. The maximum atomic E-state index is 6.62. The molecule has 2 aromatic heterocycles. The Bertz CT molecular complexity index is 3300. The molecule has 0 aliphatic carbocycles. The summed E-state index contributed by atoms with van der Waals surface area (Å²) in [5, 5.41) is 4.34. The number of furan rings is 1. The second-order valence-corrected chi connectivity index (χ2v) is 14.8. The van der Waals surface area contributed by atoms with E-state index in [2.05, 4.69) is 188 Å². The van der Waals surface area contributed by atoms with Gasteiger partial charge in [-0.1, -0.05) is 182 Å². The zero-order valence-electron chi connectivity index (χ0n) is 32.0. The zero-order chi connectivity index (χ0) is 39.1. The number of nitrogens with zero attached hydrogens (tertiary/aromatic N) is 3. The van der Waals surface area contributed by atoms with Crippen LogP contribution in [0.5, 0.6) is 0 Å². The summed E-state index contributed by atoms with van der Waals surface area (Å²) in [6.45, 7) is 0. The summed E-state index contributed by atoms with van der Waals surface area (Å²) in [5.41, 5.74) is 13.6. The fourth-order valence-corrected chi connectivity index (χ4v) is 8.26. The highest BCUT2D eigenvalue weighted by Gasteiger charge is 2.19. The van der Waals surface area contributed by atoms with Gasteiger partial charge in [-0.25, -0.2) is 15.0 Å². The first kappa shape index (κ1) is 34.3. The standard InChI is InChI=1S/C55H35N3O/c1-4-14-36(15-5-1)38-26-28-40(29-27-38)53-56-54(58-55(57-53)48-33-32-44(39-18-8-3-9-19-39)46-22-10-11-23-47(46)48)43-30-31-49-51(35-43)59-50-25-13-24-45(52(49)50)42-21-12-20-41(34-42)37-16-6-2-7-17-37/h1-35H. The van der Waals surface area contributed by atoms with Crippen molar-refractivity contribution in [3.8, 4) is 78.7 Å². The van der Waals surface area contributed by atoms with Crippen molar-refractivity contribution < 1.29 is 4.42 Å². The lowest BCUT2D eigenvalue weighted by Crippen LogP contribution is -2.01. The van der Waals surface area contributed by atoms with Gasteiger partial charge in [-0.05, 0) is 85.6 Å². The number of benzene rings is 9. The van der Waals surface area contributed by atoms with E-state index in [1.54, 1.807) is 0 Å². The molecule has 0 bridgehead atoms. The second kappa shape index (κ2) is 14.5. The third kappa shape index (κ3) is 6.34. The summed E-state index contributed by atoms with van der Waals surface area (Å²) >= 11 is 0. The number of hydrogen-bond donors (Lipinski definition) is 0. The van der Waals surface area contributed by atoms with Gasteiger partial charge in [0.05, 0.1) is 0 Å². The largest absolute Gasteiger partial charge is 0.456 e. The molecule has 0 saturated carbocycles. The van der Waals surface area contributed by atoms with Gasteiger partial charge in [-0.3, -0.25) is 0 Å². The summed E-state index contributed by atoms with van der Waals surface area (Å²) in [6, 6.07) is 74.0. The molecule has 2 heterocycles. The van der Waals surface area contributed by atoms with Crippen LogP contribution in [0.2, 0.25) is 0 Å². The summed E-state index contributed by atoms with van der Waals surface area (Å²) < 4.78 is 6.62. The van der Waals surface area contributed by atoms with E-state index in [0.29, 0.717) is 17.5 Å². The van der Waals surface area contributed by atoms with E-state index in [-0.39, 0.29) is 0 Å². The molecule has 11 rings (SSSR count). The summed E-state index contributed by atoms with van der Waals surface area (Å²) in [7, 11) is 0. The smallest absolute Gasteiger partial charge is 0.164 e. The van der Waals surface area contributed by atoms with E-state index in [1.807, 2.05) is 24.3 Å². The van der Waals surface area contributed by atoms with Crippen LogP contribution in [-0.4, -0.2) is 15.0 Å². The van der Waals surface area contributed by atoms with Gasteiger partial charge in [0.2, 0.25) is 0 Å². The minimum absolute atomic E-state index is 0.575. The van der Waals surface area contributed by atoms with Gasteiger partial charge in [0.1, 0.15) is 11.2 Å². The van der Waals surface area contributed by atoms with Gasteiger partial charge in [0.25, 0.3) is 0 Å². The van der Waals surface area contributed by atoms with E-state index in [1.165, 1.54) is 11.1 Å². The van der Waals surface area contributed by atoms with Crippen molar-refractivity contribution in [3.05, 3.63) is 212 Å². The SMILES string of the molecule is c1ccc(-c2ccc(-c3nc(-c4ccc5c(c4)oc4cccc(-c6cccc(-c7ccccc7)c6)c45)nc(-c4ccc(-c5ccccc5)c5ccccc45)n3)cc2)cc1. The second-order valence-electron chi connectivity index (χ2n) is 14.8. The molecule has 0 aliphatic rings. The molecule has 0 saturated heterocycles. The van der Waals surface area contributed by atoms with Crippen LogP contribution >= 0.6 is 0 Å². The van der Waals surface area contributed by atoms with Gasteiger partial charge >= 0.3 is 0 Å². The molecular weight excluding hydrogens is 719 g/mol. The average Bonchev–Trinajstić information content (AvgIpc) is 3.70. The Labute approximate surface area is 341 Å². The van der Waals surface area contributed by atoms with Crippen LogP contribution < -0.4 is 0 Å². The Balaban J connectivity index is 1.06. The third-order valence-corrected chi connectivity index (χ3v) is 11.2. The van der Waals surface area contributed by atoms with Crippen molar-refractivity contribution in [1.29, 1.82) is 0 Å². The van der Waals surface area contributed by atoms with Crippen molar-refractivity contribution in [2.45, 2.75) is 0 Å². The average molecular weight is 754 g/mol. The van der Waals surface area contributed by atoms with Crippen molar-refractivity contribution in [2.24, 2.45) is 0 Å². The Hall–Kier alpha value is -7.95. The molecule has 0 unspecified atom stereocenters. The van der Waals surface area contributed by atoms with Gasteiger partial charge in [0, 0.05) is 27.5 Å². The minimum Gasteiger partial charge on any atom is -0.456 e. The monoisotopic (exact) mass is 753 g/mol. The predicted molar refractivity (Wildman–Crippen MR) is 243 cm³/mol. The predicted octanol–water partition coefficient (Wildman–Crippen LogP) is 14.6. The van der Waals surface area contributed by atoms with Crippen LogP contribution in [0.15, 0.2) is 217 Å². The number of rotatable bonds is 7. The summed E-state index contributed by atoms with van der Waals surface area (Å²) in [6.07, 6.45) is 0. The van der Waals surface area contributed by atoms with Crippen LogP contribution in [-0.2, 0) is 0 Å². The van der Waals surface area contributed by atoms with Gasteiger partial charge in [0.15, 0.2) is 17.5 Å². The highest BCUT2D eigenvalue weighted by molar-refractivity contribution is 6.13. The van der Waals surface area contributed by atoms with E-state index in [9.17, 15) is 0 Å². The van der Waals surface area contributed by atoms with Crippen LogP contribution in [0.3, 0.4) is 0 Å². The topological polar surface area (TPSA) is 51.8 Å². The fourth-order valence-electron chi connectivity index (χ4n) is 8.26. The lowest BCUT2D eigenvalue weighted by Gasteiger charge is -2.13. The van der Waals surface area contributed by atoms with E-state index < -0.39 is 0 Å². The normalized spacial score (nSPS) is 11.4. The number of aromatic nitrogens is 3. The quantitative estimate of drug-likeness (QED) is 0.163. The van der Waals surface area contributed by atoms with Crippen molar-refractivity contribution in [3.63, 3.8) is 0 Å². The minimum atomic E-state index is 0.575. The van der Waals surface area contributed by atoms with Crippen LogP contribution in [0.1, 0.15) is 0 Å². The third-order valence-electron chi connectivity index (χ3n) is 11.2. The fraction of sp³-hybridized carbons (Fsp3) is 0. The molecule has 0 spiro atoms. The molecule has 0 amide bonds. The molecular formula is C55H35N3O. The van der Waals surface area contributed by atoms with Gasteiger partial charge < -0.3 is 4.42 Å². The molecule has 4 heteroatoms. The molecule has 0 aliphatic heterocycles. The Morgan fingerprint density at radius 2 is 0.763 bits per heavy atom. The Kier molecular flexibility index (Phi) is 8.45. The van der Waals surface area contributed by atoms with E-state index in [4.69, 9.17) is 19.4 Å². The molecule has 4 nitrogen and oxygen atoms in total. The molecule has 0 fully saturated rings. The van der Waals surface area contributed by atoms with Crippen molar-refractivity contribution in [2.75, 3.05) is 0 Å². The first-order chi connectivity index (χ1) is 29.2. The maximum Gasteiger partial charge on any atom is 0.164 e. The number of fused-ring (bicyclic) bond motifs is 4. The van der Waals surface area contributed by atoms with Crippen LogP contribution in [0.4, 0.5) is 0 Å².